The van der Waals surface area contributed by atoms with Gasteiger partial charge in [0.1, 0.15) is 17.5 Å². The van der Waals surface area contributed by atoms with Crippen LogP contribution in [0.15, 0.2) is 24.3 Å². The molecule has 0 bridgehead atoms. The third-order valence-electron chi connectivity index (χ3n) is 3.02. The van der Waals surface area contributed by atoms with E-state index in [-0.39, 0.29) is 10.9 Å². The van der Waals surface area contributed by atoms with Gasteiger partial charge in [-0.1, -0.05) is 37.6 Å². The highest BCUT2D eigenvalue weighted by Crippen LogP contribution is 2.21. The quantitative estimate of drug-likeness (QED) is 0.925. The highest BCUT2D eigenvalue weighted by Gasteiger charge is 2.11. The number of hydrogen-bond acceptors (Lipinski definition) is 3. The molecule has 0 aliphatic heterocycles. The number of nitrogens with zero attached hydrogens (tertiary/aromatic N) is 2. The van der Waals surface area contributed by atoms with E-state index in [9.17, 15) is 4.39 Å². The molecule has 1 aromatic carbocycles. The average molecular weight is 294 g/mol. The zero-order chi connectivity index (χ0) is 14.7. The minimum atomic E-state index is -0.404. The number of nitrogens with one attached hydrogen (secondary N) is 1. The number of rotatable bonds is 4. The van der Waals surface area contributed by atoms with Gasteiger partial charge < -0.3 is 5.32 Å². The standard InChI is InChI=1S/C15H17ClFN3/c1-9(2)12-8-13(18-3)20-14(19-12)7-10-5-4-6-11(16)15(10)17/h4-6,8-9H,7H2,1-3H3,(H,18,19,20). The second-order valence-electron chi connectivity index (χ2n) is 4.89. The topological polar surface area (TPSA) is 37.8 Å². The van der Waals surface area contributed by atoms with Gasteiger partial charge in [0.05, 0.1) is 5.02 Å². The molecule has 3 nitrogen and oxygen atoms in total. The second kappa shape index (κ2) is 6.18. The van der Waals surface area contributed by atoms with Gasteiger partial charge in [-0.05, 0) is 17.5 Å². The summed E-state index contributed by atoms with van der Waals surface area (Å²) in [5.74, 6) is 1.20. The summed E-state index contributed by atoms with van der Waals surface area (Å²) in [7, 11) is 1.80. The van der Waals surface area contributed by atoms with Crippen molar-refractivity contribution in [1.29, 1.82) is 0 Å². The number of anilines is 1. The second-order valence-corrected chi connectivity index (χ2v) is 5.30. The Morgan fingerprint density at radius 2 is 2.05 bits per heavy atom. The van der Waals surface area contributed by atoms with Crippen LogP contribution in [0.25, 0.3) is 0 Å². The Morgan fingerprint density at radius 3 is 2.70 bits per heavy atom. The molecule has 0 fully saturated rings. The fourth-order valence-electron chi connectivity index (χ4n) is 1.88. The predicted octanol–water partition coefficient (Wildman–Crippen LogP) is 4.03. The zero-order valence-electron chi connectivity index (χ0n) is 11.7. The molecule has 0 aliphatic carbocycles. The van der Waals surface area contributed by atoms with E-state index >= 15 is 0 Å². The van der Waals surface area contributed by atoms with Gasteiger partial charge in [-0.15, -0.1) is 0 Å². The highest BCUT2D eigenvalue weighted by molar-refractivity contribution is 6.30. The molecule has 0 spiro atoms. The molecule has 2 aromatic rings. The fraction of sp³-hybridized carbons (Fsp3) is 0.333. The lowest BCUT2D eigenvalue weighted by Crippen LogP contribution is -2.06. The van der Waals surface area contributed by atoms with Crippen molar-refractivity contribution in [1.82, 2.24) is 9.97 Å². The van der Waals surface area contributed by atoms with Gasteiger partial charge in [-0.3, -0.25) is 0 Å². The Morgan fingerprint density at radius 1 is 1.30 bits per heavy atom. The van der Waals surface area contributed by atoms with Crippen molar-refractivity contribution in [2.24, 2.45) is 0 Å². The third-order valence-corrected chi connectivity index (χ3v) is 3.31. The highest BCUT2D eigenvalue weighted by atomic mass is 35.5. The number of halogens is 2. The zero-order valence-corrected chi connectivity index (χ0v) is 12.5. The summed E-state index contributed by atoms with van der Waals surface area (Å²) in [5, 5.41) is 3.13. The minimum absolute atomic E-state index is 0.122. The van der Waals surface area contributed by atoms with Crippen LogP contribution in [0.1, 0.15) is 36.8 Å². The van der Waals surface area contributed by atoms with Crippen LogP contribution in [0.4, 0.5) is 10.2 Å². The normalized spacial score (nSPS) is 10.9. The lowest BCUT2D eigenvalue weighted by molar-refractivity contribution is 0.612. The molecule has 0 aliphatic rings. The summed E-state index contributed by atoms with van der Waals surface area (Å²) in [5.41, 5.74) is 1.43. The van der Waals surface area contributed by atoms with Crippen molar-refractivity contribution in [3.63, 3.8) is 0 Å². The van der Waals surface area contributed by atoms with E-state index in [1.165, 1.54) is 6.07 Å². The van der Waals surface area contributed by atoms with Gasteiger partial charge in [-0.25, -0.2) is 14.4 Å². The first-order valence-corrected chi connectivity index (χ1v) is 6.87. The van der Waals surface area contributed by atoms with Gasteiger partial charge >= 0.3 is 0 Å². The van der Waals surface area contributed by atoms with E-state index in [1.807, 2.05) is 6.07 Å². The van der Waals surface area contributed by atoms with Crippen molar-refractivity contribution in [3.8, 4) is 0 Å². The van der Waals surface area contributed by atoms with Crippen LogP contribution in [-0.2, 0) is 6.42 Å². The van der Waals surface area contributed by atoms with Crippen LogP contribution in [-0.4, -0.2) is 17.0 Å². The number of aromatic nitrogens is 2. The smallest absolute Gasteiger partial charge is 0.145 e. The lowest BCUT2D eigenvalue weighted by atomic mass is 10.1. The largest absolute Gasteiger partial charge is 0.373 e. The predicted molar refractivity (Wildman–Crippen MR) is 79.9 cm³/mol. The molecule has 0 saturated heterocycles. The molecule has 0 radical (unpaired) electrons. The maximum Gasteiger partial charge on any atom is 0.145 e. The Bertz CT molecular complexity index is 614. The maximum absolute atomic E-state index is 13.9. The summed E-state index contributed by atoms with van der Waals surface area (Å²) < 4.78 is 13.9. The molecular weight excluding hydrogens is 277 g/mol. The van der Waals surface area contributed by atoms with Gasteiger partial charge in [-0.2, -0.15) is 0 Å². The first-order valence-electron chi connectivity index (χ1n) is 6.49. The Balaban J connectivity index is 2.37. The molecular formula is C15H17ClFN3. The maximum atomic E-state index is 13.9. The molecule has 0 unspecified atom stereocenters. The first-order chi connectivity index (χ1) is 9.51. The molecule has 0 atom stereocenters. The van der Waals surface area contributed by atoms with Crippen LogP contribution in [0.5, 0.6) is 0 Å². The van der Waals surface area contributed by atoms with Crippen molar-refractivity contribution < 1.29 is 4.39 Å². The van der Waals surface area contributed by atoms with Gasteiger partial charge in [0.2, 0.25) is 0 Å². The molecule has 1 N–H and O–H groups in total. The van der Waals surface area contributed by atoms with E-state index in [2.05, 4.69) is 29.1 Å². The van der Waals surface area contributed by atoms with Crippen LogP contribution in [0.3, 0.4) is 0 Å². The molecule has 0 amide bonds. The van der Waals surface area contributed by atoms with E-state index in [1.54, 1.807) is 19.2 Å². The van der Waals surface area contributed by atoms with Crippen molar-refractivity contribution in [2.75, 3.05) is 12.4 Å². The van der Waals surface area contributed by atoms with Crippen LogP contribution < -0.4 is 5.32 Å². The van der Waals surface area contributed by atoms with Crippen LogP contribution in [0, 0.1) is 5.82 Å². The minimum Gasteiger partial charge on any atom is -0.373 e. The molecule has 20 heavy (non-hydrogen) atoms. The molecule has 1 aromatic heterocycles. The van der Waals surface area contributed by atoms with E-state index in [4.69, 9.17) is 11.6 Å². The summed E-state index contributed by atoms with van der Waals surface area (Å²) in [6.07, 6.45) is 0.321. The monoisotopic (exact) mass is 293 g/mol. The van der Waals surface area contributed by atoms with Crippen molar-refractivity contribution >= 4 is 17.4 Å². The lowest BCUT2D eigenvalue weighted by Gasteiger charge is -2.10. The van der Waals surface area contributed by atoms with E-state index in [0.29, 0.717) is 17.8 Å². The van der Waals surface area contributed by atoms with Crippen molar-refractivity contribution in [2.45, 2.75) is 26.2 Å². The van der Waals surface area contributed by atoms with Crippen LogP contribution in [0.2, 0.25) is 5.02 Å². The number of hydrogen-bond donors (Lipinski definition) is 1. The summed E-state index contributed by atoms with van der Waals surface area (Å²) in [4.78, 5) is 8.85. The molecule has 5 heteroatoms. The molecule has 106 valence electrons. The first kappa shape index (κ1) is 14.7. The number of benzene rings is 1. The average Bonchev–Trinajstić information content (AvgIpc) is 2.43. The summed E-state index contributed by atoms with van der Waals surface area (Å²) in [6, 6.07) is 6.87. The Kier molecular flexibility index (Phi) is 4.55. The fourth-order valence-corrected chi connectivity index (χ4v) is 2.07. The van der Waals surface area contributed by atoms with E-state index < -0.39 is 5.82 Å². The van der Waals surface area contributed by atoms with E-state index in [0.717, 1.165) is 11.5 Å². The summed E-state index contributed by atoms with van der Waals surface area (Å²) >= 11 is 5.79. The Labute approximate surface area is 123 Å². The molecule has 2 rings (SSSR count). The Hall–Kier alpha value is -1.68. The molecule has 0 saturated carbocycles. The summed E-state index contributed by atoms with van der Waals surface area (Å²) in [6.45, 7) is 4.12. The third kappa shape index (κ3) is 3.25. The van der Waals surface area contributed by atoms with Gasteiger partial charge in [0.25, 0.3) is 0 Å². The van der Waals surface area contributed by atoms with Gasteiger partial charge in [0.15, 0.2) is 0 Å². The SMILES string of the molecule is CNc1cc(C(C)C)nc(Cc2cccc(Cl)c2F)n1. The molecule has 1 heterocycles. The van der Waals surface area contributed by atoms with Gasteiger partial charge in [0, 0.05) is 25.2 Å². The van der Waals surface area contributed by atoms with Crippen LogP contribution >= 0.6 is 11.6 Å². The van der Waals surface area contributed by atoms with Crippen molar-refractivity contribution in [3.05, 3.63) is 52.2 Å².